The van der Waals surface area contributed by atoms with Crippen molar-refractivity contribution in [2.45, 2.75) is 63.6 Å². The van der Waals surface area contributed by atoms with Crippen LogP contribution >= 0.6 is 0 Å². The Labute approximate surface area is 181 Å². The predicted molar refractivity (Wildman–Crippen MR) is 117 cm³/mol. The number of anilines is 1. The number of amides is 1. The van der Waals surface area contributed by atoms with E-state index in [9.17, 15) is 4.79 Å². The summed E-state index contributed by atoms with van der Waals surface area (Å²) in [5, 5.41) is 7.09. The predicted octanol–water partition coefficient (Wildman–Crippen LogP) is 3.71. The zero-order valence-electron chi connectivity index (χ0n) is 18.5. The topological polar surface area (TPSA) is 82.7 Å². The average molecular weight is 424 g/mol. The zero-order valence-corrected chi connectivity index (χ0v) is 18.5. The number of nitrogens with one attached hydrogen (secondary N) is 1. The van der Waals surface area contributed by atoms with Gasteiger partial charge < -0.3 is 19.2 Å². The van der Waals surface area contributed by atoms with Gasteiger partial charge in [0.2, 0.25) is 0 Å². The van der Waals surface area contributed by atoms with Crippen LogP contribution in [-0.4, -0.2) is 43.4 Å². The van der Waals surface area contributed by atoms with Crippen molar-refractivity contribution in [3.8, 4) is 5.75 Å². The molecule has 5 heterocycles. The fourth-order valence-corrected chi connectivity index (χ4v) is 4.65. The van der Waals surface area contributed by atoms with Crippen molar-refractivity contribution in [3.63, 3.8) is 0 Å². The largest absolute Gasteiger partial charge is 0.490 e. The minimum Gasteiger partial charge on any atom is -0.490 e. The van der Waals surface area contributed by atoms with Crippen LogP contribution < -0.4 is 10.1 Å². The zero-order chi connectivity index (χ0) is 21.8. The molecule has 8 heteroatoms. The minimum atomic E-state index is -0.265. The highest BCUT2D eigenvalue weighted by Crippen LogP contribution is 2.49. The summed E-state index contributed by atoms with van der Waals surface area (Å²) >= 11 is 0. The molecule has 31 heavy (non-hydrogen) atoms. The van der Waals surface area contributed by atoms with Crippen molar-refractivity contribution in [1.29, 1.82) is 0 Å². The van der Waals surface area contributed by atoms with E-state index in [2.05, 4.69) is 17.3 Å². The van der Waals surface area contributed by atoms with Gasteiger partial charge in [-0.2, -0.15) is 5.10 Å². The number of ether oxygens (including phenoxy) is 2. The summed E-state index contributed by atoms with van der Waals surface area (Å²) in [6.07, 6.45) is 9.83. The quantitative estimate of drug-likeness (QED) is 0.676. The van der Waals surface area contributed by atoms with Crippen molar-refractivity contribution in [1.82, 2.24) is 19.2 Å². The fourth-order valence-electron chi connectivity index (χ4n) is 4.65. The van der Waals surface area contributed by atoms with E-state index in [1.165, 1.54) is 0 Å². The number of pyridine rings is 1. The van der Waals surface area contributed by atoms with E-state index in [4.69, 9.17) is 14.5 Å². The van der Waals surface area contributed by atoms with Crippen molar-refractivity contribution in [3.05, 3.63) is 42.0 Å². The molecule has 0 atom stereocenters. The van der Waals surface area contributed by atoms with Crippen LogP contribution in [0.1, 0.15) is 62.5 Å². The lowest BCUT2D eigenvalue weighted by Gasteiger charge is -2.51. The van der Waals surface area contributed by atoms with E-state index < -0.39 is 0 Å². The SMILES string of the molecule is CC(C)Oc1cc2nc(C34CCC(C)(CC3)OC4)cn2cc1C(=O)Nc1ccn(C)n1. The summed E-state index contributed by atoms with van der Waals surface area (Å²) in [5.74, 6) is 0.749. The molecule has 3 aromatic rings. The number of fused-ring (bicyclic) bond motifs is 4. The molecule has 1 N–H and O–H groups in total. The lowest BCUT2D eigenvalue weighted by molar-refractivity contribution is -0.146. The van der Waals surface area contributed by atoms with Gasteiger partial charge in [0, 0.05) is 43.2 Å². The molecule has 3 aromatic heterocycles. The van der Waals surface area contributed by atoms with Gasteiger partial charge in [-0.25, -0.2) is 4.98 Å². The molecule has 0 aromatic carbocycles. The molecule has 2 saturated heterocycles. The highest BCUT2D eigenvalue weighted by molar-refractivity contribution is 6.05. The molecule has 0 spiro atoms. The second-order valence-corrected chi connectivity index (χ2v) is 9.46. The maximum atomic E-state index is 13.0. The smallest absolute Gasteiger partial charge is 0.262 e. The molecule has 3 fully saturated rings. The van der Waals surface area contributed by atoms with Gasteiger partial charge in [-0.1, -0.05) is 0 Å². The minimum absolute atomic E-state index is 0.0237. The monoisotopic (exact) mass is 423 g/mol. The summed E-state index contributed by atoms with van der Waals surface area (Å²) in [6.45, 7) is 6.80. The molecule has 2 bridgehead atoms. The summed E-state index contributed by atoms with van der Waals surface area (Å²) in [5.41, 5.74) is 2.24. The number of aromatic nitrogens is 4. The van der Waals surface area contributed by atoms with E-state index in [1.54, 1.807) is 23.1 Å². The molecular formula is C23H29N5O3. The first-order valence-corrected chi connectivity index (χ1v) is 10.9. The summed E-state index contributed by atoms with van der Waals surface area (Å²) in [7, 11) is 1.81. The maximum Gasteiger partial charge on any atom is 0.262 e. The van der Waals surface area contributed by atoms with Crippen LogP contribution in [0.4, 0.5) is 5.82 Å². The first-order chi connectivity index (χ1) is 14.8. The Balaban J connectivity index is 1.51. The van der Waals surface area contributed by atoms with E-state index in [0.717, 1.165) is 37.0 Å². The van der Waals surface area contributed by atoms with Crippen LogP contribution in [0, 0.1) is 0 Å². The maximum absolute atomic E-state index is 13.0. The van der Waals surface area contributed by atoms with Crippen LogP contribution in [0.25, 0.3) is 5.65 Å². The molecule has 1 saturated carbocycles. The summed E-state index contributed by atoms with van der Waals surface area (Å²) in [4.78, 5) is 18.0. The van der Waals surface area contributed by atoms with E-state index in [1.807, 2.05) is 37.6 Å². The van der Waals surface area contributed by atoms with Gasteiger partial charge in [0.1, 0.15) is 11.4 Å². The Morgan fingerprint density at radius 1 is 1.26 bits per heavy atom. The molecule has 0 unspecified atom stereocenters. The van der Waals surface area contributed by atoms with Gasteiger partial charge in [0.25, 0.3) is 5.91 Å². The van der Waals surface area contributed by atoms with Crippen LogP contribution in [0.15, 0.2) is 30.7 Å². The number of aryl methyl sites for hydroxylation is 1. The third-order valence-corrected chi connectivity index (χ3v) is 6.62. The van der Waals surface area contributed by atoms with Crippen LogP contribution in [0.3, 0.4) is 0 Å². The number of hydrogen-bond acceptors (Lipinski definition) is 5. The van der Waals surface area contributed by atoms with E-state index in [-0.39, 0.29) is 23.0 Å². The van der Waals surface area contributed by atoms with E-state index >= 15 is 0 Å². The van der Waals surface area contributed by atoms with Gasteiger partial charge in [-0.3, -0.25) is 9.48 Å². The lowest BCUT2D eigenvalue weighted by Crippen LogP contribution is -2.51. The first-order valence-electron chi connectivity index (χ1n) is 10.9. The number of nitrogens with zero attached hydrogens (tertiary/aromatic N) is 4. The second-order valence-electron chi connectivity index (χ2n) is 9.46. The van der Waals surface area contributed by atoms with Crippen molar-refractivity contribution >= 4 is 17.4 Å². The fraction of sp³-hybridized carbons (Fsp3) is 0.522. The molecule has 164 valence electrons. The van der Waals surface area contributed by atoms with Crippen LogP contribution in [0.5, 0.6) is 5.75 Å². The molecule has 8 nitrogen and oxygen atoms in total. The average Bonchev–Trinajstić information content (AvgIpc) is 3.33. The molecule has 1 amide bonds. The third-order valence-electron chi connectivity index (χ3n) is 6.62. The number of carbonyl (C=O) groups excluding carboxylic acids is 1. The standard InChI is InChI=1S/C23H29N5O3/c1-15(2)31-17-11-20-24-18(23-8-6-22(3,7-9-23)30-14-23)13-28(20)12-16(17)21(29)25-19-5-10-27(4)26-19/h5,10-13,15H,6-9,14H2,1-4H3,(H,25,26,29). The second kappa shape index (κ2) is 7.09. The van der Waals surface area contributed by atoms with Crippen LogP contribution in [0.2, 0.25) is 0 Å². The van der Waals surface area contributed by atoms with Crippen LogP contribution in [-0.2, 0) is 17.2 Å². The summed E-state index contributed by atoms with van der Waals surface area (Å²) < 4.78 is 15.7. The molecular weight excluding hydrogens is 394 g/mol. The molecule has 3 aliphatic rings. The lowest BCUT2D eigenvalue weighted by atomic mass is 9.65. The first kappa shape index (κ1) is 20.1. The van der Waals surface area contributed by atoms with Gasteiger partial charge in [-0.05, 0) is 46.5 Å². The van der Waals surface area contributed by atoms with Crippen molar-refractivity contribution in [2.75, 3.05) is 11.9 Å². The number of rotatable bonds is 5. The van der Waals surface area contributed by atoms with Gasteiger partial charge in [0.05, 0.1) is 29.6 Å². The molecule has 2 aliphatic heterocycles. The highest BCUT2D eigenvalue weighted by atomic mass is 16.5. The molecule has 0 radical (unpaired) electrons. The Kier molecular flexibility index (Phi) is 4.58. The van der Waals surface area contributed by atoms with Gasteiger partial charge in [0.15, 0.2) is 5.82 Å². The van der Waals surface area contributed by atoms with Crippen molar-refractivity contribution in [2.24, 2.45) is 7.05 Å². The number of carbonyl (C=O) groups is 1. The number of imidazole rings is 1. The Morgan fingerprint density at radius 2 is 2.03 bits per heavy atom. The van der Waals surface area contributed by atoms with E-state index in [0.29, 0.717) is 23.7 Å². The Bertz CT molecular complexity index is 1120. The van der Waals surface area contributed by atoms with Gasteiger partial charge in [-0.15, -0.1) is 0 Å². The third kappa shape index (κ3) is 3.59. The van der Waals surface area contributed by atoms with Crippen molar-refractivity contribution < 1.29 is 14.3 Å². The normalized spacial score (nSPS) is 25.3. The molecule has 1 aliphatic carbocycles. The Hall–Kier alpha value is -2.87. The number of hydrogen-bond donors (Lipinski definition) is 1. The van der Waals surface area contributed by atoms with Gasteiger partial charge >= 0.3 is 0 Å². The Morgan fingerprint density at radius 3 is 2.65 bits per heavy atom. The summed E-state index contributed by atoms with van der Waals surface area (Å²) in [6, 6.07) is 3.61. The highest BCUT2D eigenvalue weighted by Gasteiger charge is 2.49. The molecule has 6 rings (SSSR count).